The molecule has 3 heteroatoms. The highest BCUT2D eigenvalue weighted by Crippen LogP contribution is 2.50. The van der Waals surface area contributed by atoms with E-state index in [0.29, 0.717) is 0 Å². The monoisotopic (exact) mass is 519 g/mol. The van der Waals surface area contributed by atoms with E-state index >= 15 is 0 Å². The summed E-state index contributed by atoms with van der Waals surface area (Å²) in [5.41, 5.74) is 11.0. The highest BCUT2D eigenvalue weighted by Gasteiger charge is 2.24. The first-order valence-corrected chi connectivity index (χ1v) is 13.3. The van der Waals surface area contributed by atoms with Crippen molar-refractivity contribution in [2.75, 3.05) is 14.2 Å². The van der Waals surface area contributed by atoms with Crippen molar-refractivity contribution in [1.29, 1.82) is 0 Å². The van der Waals surface area contributed by atoms with E-state index in [1.54, 1.807) is 14.2 Å². The fraction of sp³-hybridized carbons (Fsp3) is 0.0541. The minimum Gasteiger partial charge on any atom is -0.497 e. The van der Waals surface area contributed by atoms with Crippen molar-refractivity contribution in [3.05, 3.63) is 140 Å². The van der Waals surface area contributed by atoms with Crippen LogP contribution in [0.3, 0.4) is 0 Å². The number of hydrogen-bond donors (Lipinski definition) is 0. The lowest BCUT2D eigenvalue weighted by atomic mass is 9.79. The van der Waals surface area contributed by atoms with Crippen LogP contribution in [0.5, 0.6) is 11.5 Å². The third kappa shape index (κ3) is 4.85. The van der Waals surface area contributed by atoms with Crippen LogP contribution >= 0.6 is 0 Å². The molecule has 0 amide bonds. The summed E-state index contributed by atoms with van der Waals surface area (Å²) in [4.78, 5) is 4.82. The molecule has 3 nitrogen and oxygen atoms in total. The van der Waals surface area contributed by atoms with Gasteiger partial charge in [-0.25, -0.2) is 0 Å². The van der Waals surface area contributed by atoms with Gasteiger partial charge in [-0.15, -0.1) is 0 Å². The summed E-state index contributed by atoms with van der Waals surface area (Å²) in [6, 6.07) is 46.2. The molecule has 0 N–H and O–H groups in total. The van der Waals surface area contributed by atoms with Crippen LogP contribution in [-0.4, -0.2) is 19.2 Å². The first-order chi connectivity index (χ1) is 19.8. The number of aromatic nitrogens is 1. The molecule has 6 aromatic rings. The molecular formula is C37H29NO2. The Bertz CT molecular complexity index is 1710. The van der Waals surface area contributed by atoms with Gasteiger partial charge >= 0.3 is 0 Å². The molecule has 0 fully saturated rings. The second kappa shape index (κ2) is 11.3. The molecule has 0 aliphatic carbocycles. The lowest BCUT2D eigenvalue weighted by molar-refractivity contribution is 0.414. The molecule has 40 heavy (non-hydrogen) atoms. The Kier molecular flexibility index (Phi) is 7.11. The summed E-state index contributed by atoms with van der Waals surface area (Å²) in [5.74, 6) is 1.64. The maximum atomic E-state index is 5.52. The molecular weight excluding hydrogens is 490 g/mol. The zero-order valence-corrected chi connectivity index (χ0v) is 22.5. The zero-order chi connectivity index (χ0) is 27.3. The number of rotatable bonds is 7. The molecule has 0 aliphatic heterocycles. The molecule has 0 aliphatic rings. The Morgan fingerprint density at radius 1 is 0.425 bits per heavy atom. The van der Waals surface area contributed by atoms with Crippen LogP contribution in [-0.2, 0) is 0 Å². The van der Waals surface area contributed by atoms with Crippen LogP contribution < -0.4 is 9.47 Å². The van der Waals surface area contributed by atoms with Gasteiger partial charge in [0.2, 0.25) is 0 Å². The Morgan fingerprint density at radius 3 is 1.43 bits per heavy atom. The number of methoxy groups -OCH3 is 2. The summed E-state index contributed by atoms with van der Waals surface area (Å²) < 4.78 is 11.0. The molecule has 0 spiro atoms. The summed E-state index contributed by atoms with van der Waals surface area (Å²) in [7, 11) is 3.39. The molecule has 5 aromatic carbocycles. The first-order valence-electron chi connectivity index (χ1n) is 13.3. The Labute approximate surface area is 235 Å². The smallest absolute Gasteiger partial charge is 0.118 e. The van der Waals surface area contributed by atoms with E-state index in [0.717, 1.165) is 67.3 Å². The predicted molar refractivity (Wildman–Crippen MR) is 165 cm³/mol. The molecule has 0 bridgehead atoms. The van der Waals surface area contributed by atoms with Crippen molar-refractivity contribution >= 4 is 0 Å². The molecule has 0 atom stereocenters. The van der Waals surface area contributed by atoms with E-state index in [-0.39, 0.29) is 0 Å². The lowest BCUT2D eigenvalue weighted by Crippen LogP contribution is -1.99. The fourth-order valence-electron chi connectivity index (χ4n) is 5.26. The number of ether oxygens (including phenoxy) is 2. The van der Waals surface area contributed by atoms with Crippen molar-refractivity contribution in [3.8, 4) is 67.3 Å². The Balaban J connectivity index is 1.81. The van der Waals surface area contributed by atoms with Gasteiger partial charge < -0.3 is 9.47 Å². The topological polar surface area (TPSA) is 31.4 Å². The summed E-state index contributed by atoms with van der Waals surface area (Å²) in [5, 5.41) is 0. The van der Waals surface area contributed by atoms with Gasteiger partial charge in [0.15, 0.2) is 0 Å². The van der Waals surface area contributed by atoms with Crippen LogP contribution in [0.15, 0.2) is 140 Å². The predicted octanol–water partition coefficient (Wildman–Crippen LogP) is 9.43. The Morgan fingerprint density at radius 2 is 0.900 bits per heavy atom. The van der Waals surface area contributed by atoms with Crippen molar-refractivity contribution in [2.24, 2.45) is 0 Å². The van der Waals surface area contributed by atoms with Gasteiger partial charge in [0.25, 0.3) is 0 Å². The minimum atomic E-state index is 0.820. The molecule has 0 radical (unpaired) electrons. The first kappa shape index (κ1) is 25.1. The SMILES string of the molecule is COc1ccc(-c2c(-c3ccccc3)cc(-c3ccccn3)c(-c3ccccc3)c2-c2ccc(OC)cc2)cc1. The molecule has 0 unspecified atom stereocenters. The Hall–Kier alpha value is -5.15. The molecule has 6 rings (SSSR count). The molecule has 194 valence electrons. The van der Waals surface area contributed by atoms with Crippen molar-refractivity contribution in [1.82, 2.24) is 4.98 Å². The zero-order valence-electron chi connectivity index (χ0n) is 22.5. The van der Waals surface area contributed by atoms with Crippen LogP contribution in [0.4, 0.5) is 0 Å². The summed E-state index contributed by atoms with van der Waals surface area (Å²) in [6.45, 7) is 0. The van der Waals surface area contributed by atoms with Gasteiger partial charge in [0.05, 0.1) is 19.9 Å². The summed E-state index contributed by atoms with van der Waals surface area (Å²) in [6.07, 6.45) is 1.86. The van der Waals surface area contributed by atoms with E-state index in [4.69, 9.17) is 14.5 Å². The van der Waals surface area contributed by atoms with Crippen LogP contribution in [0.2, 0.25) is 0 Å². The number of nitrogens with zero attached hydrogens (tertiary/aromatic N) is 1. The average Bonchev–Trinajstić information content (AvgIpc) is 3.05. The number of pyridine rings is 1. The molecule has 0 saturated carbocycles. The molecule has 1 aromatic heterocycles. The van der Waals surface area contributed by atoms with Crippen molar-refractivity contribution < 1.29 is 9.47 Å². The quantitative estimate of drug-likeness (QED) is 0.210. The highest BCUT2D eigenvalue weighted by atomic mass is 16.5. The van der Waals surface area contributed by atoms with E-state index in [1.807, 2.05) is 42.6 Å². The van der Waals surface area contributed by atoms with Gasteiger partial charge in [0, 0.05) is 11.8 Å². The maximum absolute atomic E-state index is 5.52. The number of benzene rings is 5. The third-order valence-corrected chi connectivity index (χ3v) is 7.17. The normalized spacial score (nSPS) is 10.8. The van der Waals surface area contributed by atoms with E-state index in [2.05, 4.69) is 97.1 Å². The van der Waals surface area contributed by atoms with Gasteiger partial charge in [-0.2, -0.15) is 0 Å². The minimum absolute atomic E-state index is 0.820. The largest absolute Gasteiger partial charge is 0.497 e. The van der Waals surface area contributed by atoms with Crippen molar-refractivity contribution in [3.63, 3.8) is 0 Å². The van der Waals surface area contributed by atoms with E-state index in [1.165, 1.54) is 0 Å². The van der Waals surface area contributed by atoms with Crippen LogP contribution in [0, 0.1) is 0 Å². The second-order valence-electron chi connectivity index (χ2n) is 9.50. The van der Waals surface area contributed by atoms with Gasteiger partial charge in [-0.1, -0.05) is 91.0 Å². The molecule has 1 heterocycles. The van der Waals surface area contributed by atoms with E-state index < -0.39 is 0 Å². The van der Waals surface area contributed by atoms with Crippen LogP contribution in [0.25, 0.3) is 55.8 Å². The maximum Gasteiger partial charge on any atom is 0.118 e. The fourth-order valence-corrected chi connectivity index (χ4v) is 5.26. The van der Waals surface area contributed by atoms with Crippen molar-refractivity contribution in [2.45, 2.75) is 0 Å². The number of hydrogen-bond acceptors (Lipinski definition) is 3. The standard InChI is InChI=1S/C37H29NO2/c1-39-30-20-16-28(17-21-30)35-32(26-11-5-3-6-12-26)25-33(34-15-9-10-24-38-34)36(27-13-7-4-8-14-27)37(35)29-18-22-31(40-2)23-19-29/h3-25H,1-2H3. The summed E-state index contributed by atoms with van der Waals surface area (Å²) >= 11 is 0. The second-order valence-corrected chi connectivity index (χ2v) is 9.50. The van der Waals surface area contributed by atoms with Crippen LogP contribution in [0.1, 0.15) is 0 Å². The molecule has 0 saturated heterocycles. The lowest BCUT2D eigenvalue weighted by Gasteiger charge is -2.24. The average molecular weight is 520 g/mol. The van der Waals surface area contributed by atoms with E-state index in [9.17, 15) is 0 Å². The van der Waals surface area contributed by atoms with Gasteiger partial charge in [-0.05, 0) is 87.0 Å². The van der Waals surface area contributed by atoms with Gasteiger partial charge in [-0.3, -0.25) is 4.98 Å². The van der Waals surface area contributed by atoms with Gasteiger partial charge in [0.1, 0.15) is 11.5 Å². The highest BCUT2D eigenvalue weighted by molar-refractivity contribution is 6.07. The third-order valence-electron chi connectivity index (χ3n) is 7.17.